The smallest absolute Gasteiger partial charge is 0.415 e. The van der Waals surface area contributed by atoms with E-state index in [1.807, 2.05) is 0 Å². The zero-order valence-electron chi connectivity index (χ0n) is 12.8. The van der Waals surface area contributed by atoms with Gasteiger partial charge in [0, 0.05) is 12.6 Å². The molecule has 1 aromatic heterocycles. The fourth-order valence-electron chi connectivity index (χ4n) is 2.24. The summed E-state index contributed by atoms with van der Waals surface area (Å²) < 4.78 is 10.4. The van der Waals surface area contributed by atoms with Gasteiger partial charge in [0.1, 0.15) is 11.6 Å². The van der Waals surface area contributed by atoms with Gasteiger partial charge in [0.2, 0.25) is 0 Å². The minimum absolute atomic E-state index is 0.270. The number of hydrogen-bond donors (Lipinski definition) is 0. The molecule has 21 heavy (non-hydrogen) atoms. The van der Waals surface area contributed by atoms with Crippen molar-refractivity contribution in [3.63, 3.8) is 0 Å². The van der Waals surface area contributed by atoms with Crippen molar-refractivity contribution in [2.75, 3.05) is 11.5 Å². The molecule has 0 saturated heterocycles. The predicted octanol–water partition coefficient (Wildman–Crippen LogP) is 2.31. The summed E-state index contributed by atoms with van der Waals surface area (Å²) in [6, 6.07) is 1.10. The number of ether oxygens (including phenoxy) is 2. The van der Waals surface area contributed by atoms with Crippen LogP contribution in [0.2, 0.25) is 0 Å². The van der Waals surface area contributed by atoms with Crippen LogP contribution in [0.25, 0.3) is 0 Å². The van der Waals surface area contributed by atoms with Gasteiger partial charge in [-0.15, -0.1) is 0 Å². The highest BCUT2D eigenvalue weighted by atomic mass is 16.6. The Morgan fingerprint density at radius 3 is 2.76 bits per heavy atom. The summed E-state index contributed by atoms with van der Waals surface area (Å²) in [5.41, 5.74) is 0.847. The average Bonchev–Trinajstić information content (AvgIpc) is 2.76. The van der Waals surface area contributed by atoms with Crippen LogP contribution in [-0.2, 0) is 20.7 Å². The van der Waals surface area contributed by atoms with E-state index >= 15 is 0 Å². The molecule has 0 radical (unpaired) electrons. The molecular formula is C15H20N2O4. The van der Waals surface area contributed by atoms with Gasteiger partial charge in [0.25, 0.3) is 0 Å². The molecule has 1 aliphatic rings. The van der Waals surface area contributed by atoms with E-state index in [1.165, 1.54) is 4.90 Å². The summed E-state index contributed by atoms with van der Waals surface area (Å²) in [5, 5.41) is 0. The van der Waals surface area contributed by atoms with Crippen LogP contribution < -0.4 is 4.90 Å². The van der Waals surface area contributed by atoms with Crippen LogP contribution in [0.3, 0.4) is 0 Å². The van der Waals surface area contributed by atoms with E-state index in [0.29, 0.717) is 12.1 Å². The van der Waals surface area contributed by atoms with Crippen molar-refractivity contribution in [1.29, 1.82) is 0 Å². The first-order chi connectivity index (χ1) is 9.83. The average molecular weight is 292 g/mol. The lowest BCUT2D eigenvalue weighted by molar-refractivity contribution is -0.144. The monoisotopic (exact) mass is 292 g/mol. The maximum atomic E-state index is 12.4. The fraction of sp³-hybridized carbons (Fsp3) is 0.533. The Morgan fingerprint density at radius 2 is 2.14 bits per heavy atom. The first-order valence-corrected chi connectivity index (χ1v) is 6.95. The third kappa shape index (κ3) is 3.32. The van der Waals surface area contributed by atoms with Crippen molar-refractivity contribution < 1.29 is 19.1 Å². The predicted molar refractivity (Wildman–Crippen MR) is 77.1 cm³/mol. The van der Waals surface area contributed by atoms with Gasteiger partial charge in [-0.25, -0.2) is 9.59 Å². The zero-order valence-corrected chi connectivity index (χ0v) is 12.8. The Balaban J connectivity index is 2.31. The van der Waals surface area contributed by atoms with Crippen LogP contribution in [0.4, 0.5) is 10.5 Å². The number of nitrogens with zero attached hydrogens (tertiary/aromatic N) is 2. The Bertz CT molecular complexity index is 551. The SMILES string of the molecule is CCOC(=O)[C@H]1Cc2ccncc2N1C(=O)OC(C)(C)C. The number of carbonyl (C=O) groups is 2. The molecule has 0 unspecified atom stereocenters. The first-order valence-electron chi connectivity index (χ1n) is 6.95. The number of aromatic nitrogens is 1. The Kier molecular flexibility index (Phi) is 4.16. The minimum atomic E-state index is -0.695. The number of pyridine rings is 1. The molecule has 2 heterocycles. The Labute approximate surface area is 124 Å². The lowest BCUT2D eigenvalue weighted by Gasteiger charge is -2.27. The highest BCUT2D eigenvalue weighted by Crippen LogP contribution is 2.33. The van der Waals surface area contributed by atoms with E-state index in [9.17, 15) is 9.59 Å². The third-order valence-corrected chi connectivity index (χ3v) is 3.02. The molecule has 0 aromatic carbocycles. The van der Waals surface area contributed by atoms with Gasteiger partial charge in [0.15, 0.2) is 0 Å². The topological polar surface area (TPSA) is 68.7 Å². The van der Waals surface area contributed by atoms with E-state index < -0.39 is 23.7 Å². The molecule has 0 spiro atoms. The van der Waals surface area contributed by atoms with Gasteiger partial charge in [-0.2, -0.15) is 0 Å². The van der Waals surface area contributed by atoms with Crippen LogP contribution in [0.15, 0.2) is 18.5 Å². The molecule has 1 aromatic rings. The molecule has 0 aliphatic carbocycles. The van der Waals surface area contributed by atoms with E-state index in [-0.39, 0.29) is 6.61 Å². The Hall–Kier alpha value is -2.11. The van der Waals surface area contributed by atoms with Crippen molar-refractivity contribution in [3.8, 4) is 0 Å². The maximum absolute atomic E-state index is 12.4. The van der Waals surface area contributed by atoms with Gasteiger partial charge < -0.3 is 9.47 Å². The minimum Gasteiger partial charge on any atom is -0.464 e. The number of anilines is 1. The lowest BCUT2D eigenvalue weighted by atomic mass is 10.1. The second-order valence-electron chi connectivity index (χ2n) is 5.83. The van der Waals surface area contributed by atoms with E-state index in [2.05, 4.69) is 4.98 Å². The van der Waals surface area contributed by atoms with Crippen molar-refractivity contribution in [2.24, 2.45) is 0 Å². The third-order valence-electron chi connectivity index (χ3n) is 3.02. The van der Waals surface area contributed by atoms with Crippen molar-refractivity contribution >= 4 is 17.7 Å². The summed E-state index contributed by atoms with van der Waals surface area (Å²) in [5.74, 6) is -0.431. The van der Waals surface area contributed by atoms with Gasteiger partial charge in [0.05, 0.1) is 18.5 Å². The number of hydrogen-bond acceptors (Lipinski definition) is 5. The molecule has 2 rings (SSSR count). The number of amides is 1. The molecule has 0 saturated carbocycles. The molecule has 1 aliphatic heterocycles. The van der Waals surface area contributed by atoms with E-state index in [4.69, 9.17) is 9.47 Å². The summed E-state index contributed by atoms with van der Waals surface area (Å²) in [4.78, 5) is 29.9. The zero-order chi connectivity index (χ0) is 15.6. The van der Waals surface area contributed by atoms with Crippen LogP contribution >= 0.6 is 0 Å². The van der Waals surface area contributed by atoms with Crippen molar-refractivity contribution in [3.05, 3.63) is 24.0 Å². The molecule has 0 fully saturated rings. The van der Waals surface area contributed by atoms with Gasteiger partial charge in [-0.3, -0.25) is 9.88 Å². The summed E-state index contributed by atoms with van der Waals surface area (Å²) >= 11 is 0. The molecule has 1 atom stereocenters. The molecule has 1 amide bonds. The summed E-state index contributed by atoms with van der Waals surface area (Å²) in [6.07, 6.45) is 3.06. The van der Waals surface area contributed by atoms with Crippen LogP contribution in [-0.4, -0.2) is 35.3 Å². The number of esters is 1. The fourth-order valence-corrected chi connectivity index (χ4v) is 2.24. The van der Waals surface area contributed by atoms with E-state index in [1.54, 1.807) is 46.2 Å². The van der Waals surface area contributed by atoms with Gasteiger partial charge in [-0.05, 0) is 39.3 Å². The molecule has 6 heteroatoms. The Morgan fingerprint density at radius 1 is 1.43 bits per heavy atom. The van der Waals surface area contributed by atoms with E-state index in [0.717, 1.165) is 5.56 Å². The van der Waals surface area contributed by atoms with Gasteiger partial charge in [-0.1, -0.05) is 0 Å². The number of rotatable bonds is 2. The molecule has 0 bridgehead atoms. The highest BCUT2D eigenvalue weighted by Gasteiger charge is 2.41. The van der Waals surface area contributed by atoms with Crippen molar-refractivity contribution in [1.82, 2.24) is 4.98 Å². The summed E-state index contributed by atoms with van der Waals surface area (Å²) in [6.45, 7) is 7.35. The standard InChI is InChI=1S/C15H20N2O4/c1-5-20-13(18)11-8-10-6-7-16-9-12(10)17(11)14(19)21-15(2,3)4/h6-7,9,11H,5,8H2,1-4H3/t11-/m1/s1. The number of fused-ring (bicyclic) bond motifs is 1. The van der Waals surface area contributed by atoms with Crippen LogP contribution in [0.5, 0.6) is 0 Å². The maximum Gasteiger partial charge on any atom is 0.415 e. The lowest BCUT2D eigenvalue weighted by Crippen LogP contribution is -2.46. The second kappa shape index (κ2) is 5.71. The second-order valence-corrected chi connectivity index (χ2v) is 5.83. The summed E-state index contributed by atoms with van der Waals surface area (Å²) in [7, 11) is 0. The van der Waals surface area contributed by atoms with Crippen molar-refractivity contribution in [2.45, 2.75) is 45.8 Å². The quantitative estimate of drug-likeness (QED) is 0.782. The van der Waals surface area contributed by atoms with Crippen LogP contribution in [0, 0.1) is 0 Å². The van der Waals surface area contributed by atoms with Gasteiger partial charge >= 0.3 is 12.1 Å². The normalized spacial score (nSPS) is 17.3. The highest BCUT2D eigenvalue weighted by molar-refractivity contribution is 5.98. The molecular weight excluding hydrogens is 272 g/mol. The molecule has 6 nitrogen and oxygen atoms in total. The molecule has 0 N–H and O–H groups in total. The molecule has 114 valence electrons. The first kappa shape index (κ1) is 15.3. The largest absolute Gasteiger partial charge is 0.464 e. The van der Waals surface area contributed by atoms with Crippen LogP contribution in [0.1, 0.15) is 33.3 Å². The number of carbonyl (C=O) groups excluding carboxylic acids is 2.